The minimum Gasteiger partial charge on any atom is -0.324 e. The van der Waals surface area contributed by atoms with E-state index in [2.05, 4.69) is 10.2 Å². The monoisotopic (exact) mass is 193 g/mol. The number of H-pyrrole nitrogens is 1. The van der Waals surface area contributed by atoms with Gasteiger partial charge in [-0.1, -0.05) is 25.7 Å². The lowest BCUT2D eigenvalue weighted by Crippen LogP contribution is -2.14. The fourth-order valence-electron chi connectivity index (χ4n) is 2.47. The van der Waals surface area contributed by atoms with Crippen LogP contribution in [0.25, 0.3) is 0 Å². The van der Waals surface area contributed by atoms with E-state index >= 15 is 0 Å². The van der Waals surface area contributed by atoms with Crippen LogP contribution in [0.1, 0.15) is 49.4 Å². The number of aromatic nitrogens is 2. The molecule has 3 N–H and O–H groups in total. The van der Waals surface area contributed by atoms with Gasteiger partial charge in [-0.05, 0) is 19.3 Å². The Morgan fingerprint density at radius 3 is 2.86 bits per heavy atom. The van der Waals surface area contributed by atoms with Crippen LogP contribution >= 0.6 is 0 Å². The van der Waals surface area contributed by atoms with Gasteiger partial charge in [0, 0.05) is 17.3 Å². The van der Waals surface area contributed by atoms with Crippen molar-refractivity contribution in [2.45, 2.75) is 45.1 Å². The largest absolute Gasteiger partial charge is 0.324 e. The molecule has 1 heterocycles. The summed E-state index contributed by atoms with van der Waals surface area (Å²) in [5, 5.41) is 6.96. The summed E-state index contributed by atoms with van der Waals surface area (Å²) in [4.78, 5) is 0. The molecule has 0 saturated heterocycles. The molecule has 1 aliphatic carbocycles. The van der Waals surface area contributed by atoms with Crippen molar-refractivity contribution in [2.75, 3.05) is 0 Å². The molecule has 0 amide bonds. The minimum atomic E-state index is 0.178. The summed E-state index contributed by atoms with van der Waals surface area (Å²) in [6.45, 7) is 2.04. The van der Waals surface area contributed by atoms with Gasteiger partial charge in [0.05, 0.1) is 6.20 Å². The maximum Gasteiger partial charge on any atom is 0.0537 e. The Hall–Kier alpha value is -0.830. The summed E-state index contributed by atoms with van der Waals surface area (Å²) in [7, 11) is 0. The van der Waals surface area contributed by atoms with E-state index in [1.54, 1.807) is 0 Å². The van der Waals surface area contributed by atoms with Crippen LogP contribution in [0.15, 0.2) is 6.20 Å². The van der Waals surface area contributed by atoms with Gasteiger partial charge in [0.1, 0.15) is 0 Å². The van der Waals surface area contributed by atoms with Gasteiger partial charge in [0.15, 0.2) is 0 Å². The van der Waals surface area contributed by atoms with Gasteiger partial charge in [0.2, 0.25) is 0 Å². The molecule has 1 atom stereocenters. The third-order valence-electron chi connectivity index (χ3n) is 3.33. The third-order valence-corrected chi connectivity index (χ3v) is 3.33. The maximum atomic E-state index is 6.16. The van der Waals surface area contributed by atoms with Crippen molar-refractivity contribution in [3.05, 3.63) is 17.5 Å². The molecule has 0 aromatic carbocycles. The summed E-state index contributed by atoms with van der Waals surface area (Å²) in [6.07, 6.45) is 8.51. The molecule has 1 aromatic rings. The highest BCUT2D eigenvalue weighted by atomic mass is 15.1. The lowest BCUT2D eigenvalue weighted by molar-refractivity contribution is 0.450. The maximum absolute atomic E-state index is 6.16. The van der Waals surface area contributed by atoms with Crippen LogP contribution in [0.4, 0.5) is 0 Å². The SMILES string of the molecule is Cc1[nH]ncc1C(N)CC1CCCC1. The van der Waals surface area contributed by atoms with Crippen LogP contribution in [0.3, 0.4) is 0 Å². The van der Waals surface area contributed by atoms with Crippen molar-refractivity contribution in [1.82, 2.24) is 10.2 Å². The Kier molecular flexibility index (Phi) is 2.87. The molecule has 1 unspecified atom stereocenters. The molecule has 1 aromatic heterocycles. The van der Waals surface area contributed by atoms with Crippen LogP contribution in [-0.4, -0.2) is 10.2 Å². The van der Waals surface area contributed by atoms with Crippen molar-refractivity contribution in [2.24, 2.45) is 11.7 Å². The van der Waals surface area contributed by atoms with Gasteiger partial charge in [-0.15, -0.1) is 0 Å². The van der Waals surface area contributed by atoms with Crippen molar-refractivity contribution >= 4 is 0 Å². The zero-order valence-corrected chi connectivity index (χ0v) is 8.79. The number of nitrogens with zero attached hydrogens (tertiary/aromatic N) is 1. The zero-order valence-electron chi connectivity index (χ0n) is 8.79. The summed E-state index contributed by atoms with van der Waals surface area (Å²) in [6, 6.07) is 0.178. The van der Waals surface area contributed by atoms with Crippen molar-refractivity contribution in [3.8, 4) is 0 Å². The quantitative estimate of drug-likeness (QED) is 0.774. The van der Waals surface area contributed by atoms with Crippen LogP contribution in [0.5, 0.6) is 0 Å². The number of nitrogens with one attached hydrogen (secondary N) is 1. The molecule has 1 fully saturated rings. The van der Waals surface area contributed by atoms with Crippen molar-refractivity contribution in [1.29, 1.82) is 0 Å². The number of nitrogens with two attached hydrogens (primary N) is 1. The predicted octanol–water partition coefficient (Wildman–Crippen LogP) is 2.30. The Bertz CT molecular complexity index is 286. The highest BCUT2D eigenvalue weighted by Crippen LogP contribution is 2.32. The second kappa shape index (κ2) is 4.13. The topological polar surface area (TPSA) is 54.7 Å². The number of rotatable bonds is 3. The normalized spacial score (nSPS) is 20.1. The highest BCUT2D eigenvalue weighted by molar-refractivity contribution is 5.18. The number of aromatic amines is 1. The van der Waals surface area contributed by atoms with Gasteiger partial charge in [0.25, 0.3) is 0 Å². The van der Waals surface area contributed by atoms with Crippen LogP contribution < -0.4 is 5.73 Å². The second-order valence-corrected chi connectivity index (χ2v) is 4.44. The first-order chi connectivity index (χ1) is 6.77. The zero-order chi connectivity index (χ0) is 9.97. The molecule has 0 aliphatic heterocycles. The number of hydrogen-bond donors (Lipinski definition) is 2. The fraction of sp³-hybridized carbons (Fsp3) is 0.727. The van der Waals surface area contributed by atoms with Crippen molar-refractivity contribution in [3.63, 3.8) is 0 Å². The van der Waals surface area contributed by atoms with E-state index in [-0.39, 0.29) is 6.04 Å². The van der Waals surface area contributed by atoms with E-state index in [0.29, 0.717) is 0 Å². The van der Waals surface area contributed by atoms with Gasteiger partial charge in [-0.25, -0.2) is 0 Å². The van der Waals surface area contributed by atoms with E-state index in [9.17, 15) is 0 Å². The molecule has 0 spiro atoms. The van der Waals surface area contributed by atoms with Gasteiger partial charge >= 0.3 is 0 Å². The molecule has 78 valence electrons. The first kappa shape index (κ1) is 9.71. The van der Waals surface area contributed by atoms with E-state index < -0.39 is 0 Å². The summed E-state index contributed by atoms with van der Waals surface area (Å²) < 4.78 is 0. The van der Waals surface area contributed by atoms with E-state index in [0.717, 1.165) is 18.0 Å². The number of aryl methyl sites for hydroxylation is 1. The molecule has 3 nitrogen and oxygen atoms in total. The van der Waals surface area contributed by atoms with E-state index in [4.69, 9.17) is 5.73 Å². The molecule has 0 radical (unpaired) electrons. The first-order valence-electron chi connectivity index (χ1n) is 5.53. The first-order valence-corrected chi connectivity index (χ1v) is 5.53. The van der Waals surface area contributed by atoms with E-state index in [1.165, 1.54) is 31.2 Å². The average molecular weight is 193 g/mol. The summed E-state index contributed by atoms with van der Waals surface area (Å²) >= 11 is 0. The van der Waals surface area contributed by atoms with Crippen LogP contribution in [0, 0.1) is 12.8 Å². The lowest BCUT2D eigenvalue weighted by Gasteiger charge is -2.15. The Labute approximate surface area is 85.1 Å². The minimum absolute atomic E-state index is 0.178. The summed E-state index contributed by atoms with van der Waals surface area (Å²) in [5.41, 5.74) is 8.47. The molecule has 14 heavy (non-hydrogen) atoms. The molecule has 3 heteroatoms. The molecule has 2 rings (SSSR count). The highest BCUT2D eigenvalue weighted by Gasteiger charge is 2.20. The molecule has 1 saturated carbocycles. The Morgan fingerprint density at radius 2 is 2.29 bits per heavy atom. The fourth-order valence-corrected chi connectivity index (χ4v) is 2.47. The van der Waals surface area contributed by atoms with Gasteiger partial charge in [-0.2, -0.15) is 5.10 Å². The molecule has 1 aliphatic rings. The van der Waals surface area contributed by atoms with Gasteiger partial charge in [-0.3, -0.25) is 5.10 Å². The third kappa shape index (κ3) is 1.98. The van der Waals surface area contributed by atoms with Crippen LogP contribution in [-0.2, 0) is 0 Å². The standard InChI is InChI=1S/C11H19N3/c1-8-10(7-13-14-8)11(12)6-9-4-2-3-5-9/h7,9,11H,2-6,12H2,1H3,(H,13,14). The van der Waals surface area contributed by atoms with Crippen LogP contribution in [0.2, 0.25) is 0 Å². The Balaban J connectivity index is 1.95. The second-order valence-electron chi connectivity index (χ2n) is 4.44. The summed E-state index contributed by atoms with van der Waals surface area (Å²) in [5.74, 6) is 0.847. The smallest absolute Gasteiger partial charge is 0.0537 e. The predicted molar refractivity (Wildman–Crippen MR) is 56.8 cm³/mol. The number of hydrogen-bond acceptors (Lipinski definition) is 2. The van der Waals surface area contributed by atoms with Gasteiger partial charge < -0.3 is 5.73 Å². The Morgan fingerprint density at radius 1 is 1.57 bits per heavy atom. The average Bonchev–Trinajstić information content (AvgIpc) is 2.75. The van der Waals surface area contributed by atoms with E-state index in [1.807, 2.05) is 13.1 Å². The van der Waals surface area contributed by atoms with Crippen molar-refractivity contribution < 1.29 is 0 Å². The molecular formula is C11H19N3. The lowest BCUT2D eigenvalue weighted by atomic mass is 9.95. The molecular weight excluding hydrogens is 174 g/mol. The molecule has 0 bridgehead atoms.